The fraction of sp³-hybridized carbons (Fsp3) is 0.308. The summed E-state index contributed by atoms with van der Waals surface area (Å²) in [6.07, 6.45) is 0.597. The van der Waals surface area contributed by atoms with E-state index >= 15 is 0 Å². The number of Topliss-reactive ketones (excluding diaryl/α,β-unsaturated/α-hetero) is 1. The van der Waals surface area contributed by atoms with Crippen LogP contribution in [0.4, 0.5) is 4.39 Å². The summed E-state index contributed by atoms with van der Waals surface area (Å²) < 4.78 is 18.1. The van der Waals surface area contributed by atoms with E-state index in [1.165, 1.54) is 19.1 Å². The van der Waals surface area contributed by atoms with Crippen LogP contribution in [0, 0.1) is 5.82 Å². The van der Waals surface area contributed by atoms with Crippen molar-refractivity contribution >= 4 is 5.78 Å². The number of nitrogens with zero attached hydrogens (tertiary/aromatic N) is 2. The molecule has 0 bridgehead atoms. The molecule has 0 saturated carbocycles. The van der Waals surface area contributed by atoms with Crippen molar-refractivity contribution < 1.29 is 13.7 Å². The van der Waals surface area contributed by atoms with E-state index < -0.39 is 0 Å². The minimum absolute atomic E-state index is 0.0213. The summed E-state index contributed by atoms with van der Waals surface area (Å²) >= 11 is 0. The van der Waals surface area contributed by atoms with Crippen molar-refractivity contribution in [2.24, 2.45) is 0 Å². The molecule has 2 rings (SSSR count). The Morgan fingerprint density at radius 2 is 2.28 bits per heavy atom. The SMILES string of the molecule is CCC(C(C)=O)c1nc(-c2cccc(F)c2)no1. The molecule has 18 heavy (non-hydrogen) atoms. The van der Waals surface area contributed by atoms with Crippen LogP contribution in [0.2, 0.25) is 0 Å². The highest BCUT2D eigenvalue weighted by Crippen LogP contribution is 2.23. The van der Waals surface area contributed by atoms with Gasteiger partial charge in [0.2, 0.25) is 11.7 Å². The summed E-state index contributed by atoms with van der Waals surface area (Å²) in [4.78, 5) is 15.5. The molecule has 0 aliphatic carbocycles. The predicted molar refractivity (Wildman–Crippen MR) is 63.4 cm³/mol. The smallest absolute Gasteiger partial charge is 0.237 e. The number of aromatic nitrogens is 2. The Bertz CT molecular complexity index is 566. The normalized spacial score (nSPS) is 12.4. The molecular formula is C13H13FN2O2. The van der Waals surface area contributed by atoms with E-state index in [1.807, 2.05) is 6.92 Å². The molecule has 0 saturated heterocycles. The molecule has 1 aromatic carbocycles. The molecule has 94 valence electrons. The van der Waals surface area contributed by atoms with Crippen molar-refractivity contribution in [2.75, 3.05) is 0 Å². The first-order chi connectivity index (χ1) is 8.61. The highest BCUT2D eigenvalue weighted by atomic mass is 19.1. The first kappa shape index (κ1) is 12.4. The molecular weight excluding hydrogens is 235 g/mol. The van der Waals surface area contributed by atoms with Crippen LogP contribution in [0.3, 0.4) is 0 Å². The molecule has 0 radical (unpaired) electrons. The summed E-state index contributed by atoms with van der Waals surface area (Å²) in [5, 5.41) is 3.77. The Morgan fingerprint density at radius 3 is 2.89 bits per heavy atom. The Labute approximate surface area is 104 Å². The summed E-state index contributed by atoms with van der Waals surface area (Å²) in [6, 6.07) is 5.92. The highest BCUT2D eigenvalue weighted by molar-refractivity contribution is 5.82. The first-order valence-electron chi connectivity index (χ1n) is 5.71. The lowest BCUT2D eigenvalue weighted by Crippen LogP contribution is -2.07. The lowest BCUT2D eigenvalue weighted by Gasteiger charge is -2.03. The second-order valence-electron chi connectivity index (χ2n) is 4.04. The van der Waals surface area contributed by atoms with E-state index in [4.69, 9.17) is 4.52 Å². The number of ketones is 1. The molecule has 1 aromatic heterocycles. The van der Waals surface area contributed by atoms with Gasteiger partial charge in [0.1, 0.15) is 11.6 Å². The minimum Gasteiger partial charge on any atom is -0.338 e. The summed E-state index contributed by atoms with van der Waals surface area (Å²) in [7, 11) is 0. The Kier molecular flexibility index (Phi) is 3.50. The monoisotopic (exact) mass is 248 g/mol. The van der Waals surface area contributed by atoms with Crippen molar-refractivity contribution in [1.29, 1.82) is 0 Å². The maximum atomic E-state index is 13.1. The van der Waals surface area contributed by atoms with Crippen LogP contribution in [-0.4, -0.2) is 15.9 Å². The predicted octanol–water partition coefficient (Wildman–Crippen LogP) is 2.96. The Hall–Kier alpha value is -2.04. The quantitative estimate of drug-likeness (QED) is 0.834. The number of hydrogen-bond donors (Lipinski definition) is 0. The molecule has 1 unspecified atom stereocenters. The zero-order valence-electron chi connectivity index (χ0n) is 10.2. The fourth-order valence-corrected chi connectivity index (χ4v) is 1.76. The van der Waals surface area contributed by atoms with Crippen LogP contribution in [0.15, 0.2) is 28.8 Å². The van der Waals surface area contributed by atoms with Gasteiger partial charge in [0.05, 0.1) is 5.92 Å². The van der Waals surface area contributed by atoms with Gasteiger partial charge in [-0.15, -0.1) is 0 Å². The highest BCUT2D eigenvalue weighted by Gasteiger charge is 2.22. The van der Waals surface area contributed by atoms with Gasteiger partial charge in [-0.05, 0) is 25.5 Å². The van der Waals surface area contributed by atoms with Crippen LogP contribution in [0.5, 0.6) is 0 Å². The van der Waals surface area contributed by atoms with Gasteiger partial charge >= 0.3 is 0 Å². The van der Waals surface area contributed by atoms with Gasteiger partial charge in [0.15, 0.2) is 0 Å². The van der Waals surface area contributed by atoms with Gasteiger partial charge in [-0.3, -0.25) is 4.79 Å². The van der Waals surface area contributed by atoms with Crippen molar-refractivity contribution in [3.05, 3.63) is 36.0 Å². The number of halogens is 1. The van der Waals surface area contributed by atoms with Crippen LogP contribution >= 0.6 is 0 Å². The number of carbonyl (C=O) groups excluding carboxylic acids is 1. The zero-order valence-corrected chi connectivity index (χ0v) is 10.2. The standard InChI is InChI=1S/C13H13FN2O2/c1-3-11(8(2)17)13-15-12(16-18-13)9-5-4-6-10(14)7-9/h4-7,11H,3H2,1-2H3. The minimum atomic E-state index is -0.389. The van der Waals surface area contributed by atoms with Gasteiger partial charge in [-0.1, -0.05) is 24.2 Å². The molecule has 4 nitrogen and oxygen atoms in total. The first-order valence-corrected chi connectivity index (χ1v) is 5.71. The molecule has 0 spiro atoms. The molecule has 0 N–H and O–H groups in total. The Balaban J connectivity index is 2.33. The van der Waals surface area contributed by atoms with Crippen LogP contribution < -0.4 is 0 Å². The third kappa shape index (κ3) is 2.45. The van der Waals surface area contributed by atoms with Crippen molar-refractivity contribution in [3.8, 4) is 11.4 Å². The molecule has 0 aliphatic heterocycles. The fourth-order valence-electron chi connectivity index (χ4n) is 1.76. The van der Waals surface area contributed by atoms with Gasteiger partial charge in [0, 0.05) is 5.56 Å². The van der Waals surface area contributed by atoms with Crippen LogP contribution in [-0.2, 0) is 4.79 Å². The second-order valence-corrected chi connectivity index (χ2v) is 4.04. The average Bonchev–Trinajstić information content (AvgIpc) is 2.79. The van der Waals surface area contributed by atoms with E-state index in [1.54, 1.807) is 12.1 Å². The number of carbonyl (C=O) groups is 1. The summed E-state index contributed by atoms with van der Waals surface area (Å²) in [5.41, 5.74) is 0.531. The third-order valence-corrected chi connectivity index (χ3v) is 2.72. The van der Waals surface area contributed by atoms with Gasteiger partial charge in [0.25, 0.3) is 0 Å². The van der Waals surface area contributed by atoms with E-state index in [-0.39, 0.29) is 23.4 Å². The van der Waals surface area contributed by atoms with E-state index in [0.717, 1.165) is 0 Å². The van der Waals surface area contributed by atoms with Crippen LogP contribution in [0.1, 0.15) is 32.1 Å². The lowest BCUT2D eigenvalue weighted by atomic mass is 10.0. The van der Waals surface area contributed by atoms with Crippen molar-refractivity contribution in [2.45, 2.75) is 26.2 Å². The maximum Gasteiger partial charge on any atom is 0.237 e. The maximum absolute atomic E-state index is 13.1. The molecule has 1 heterocycles. The van der Waals surface area contributed by atoms with E-state index in [2.05, 4.69) is 10.1 Å². The average molecular weight is 248 g/mol. The van der Waals surface area contributed by atoms with Crippen LogP contribution in [0.25, 0.3) is 11.4 Å². The van der Waals surface area contributed by atoms with Crippen molar-refractivity contribution in [3.63, 3.8) is 0 Å². The van der Waals surface area contributed by atoms with E-state index in [0.29, 0.717) is 17.8 Å². The number of benzene rings is 1. The number of rotatable bonds is 4. The third-order valence-electron chi connectivity index (χ3n) is 2.72. The van der Waals surface area contributed by atoms with Crippen molar-refractivity contribution in [1.82, 2.24) is 10.1 Å². The Morgan fingerprint density at radius 1 is 1.50 bits per heavy atom. The van der Waals surface area contributed by atoms with E-state index in [9.17, 15) is 9.18 Å². The van der Waals surface area contributed by atoms with Gasteiger partial charge in [-0.25, -0.2) is 4.39 Å². The summed E-state index contributed by atoms with van der Waals surface area (Å²) in [5.74, 6) is -0.197. The molecule has 0 fully saturated rings. The second kappa shape index (κ2) is 5.08. The molecule has 0 aliphatic rings. The molecule has 2 aromatic rings. The largest absolute Gasteiger partial charge is 0.338 e. The number of hydrogen-bond acceptors (Lipinski definition) is 4. The topological polar surface area (TPSA) is 56.0 Å². The molecule has 1 atom stereocenters. The molecule has 0 amide bonds. The molecule has 5 heteroatoms. The zero-order chi connectivity index (χ0) is 13.1. The summed E-state index contributed by atoms with van der Waals surface area (Å²) in [6.45, 7) is 3.36. The van der Waals surface area contributed by atoms with Gasteiger partial charge < -0.3 is 4.52 Å². The lowest BCUT2D eigenvalue weighted by molar-refractivity contribution is -0.119. The van der Waals surface area contributed by atoms with Gasteiger partial charge in [-0.2, -0.15) is 4.98 Å².